The van der Waals surface area contributed by atoms with Gasteiger partial charge in [0.1, 0.15) is 0 Å². The summed E-state index contributed by atoms with van der Waals surface area (Å²) < 4.78 is 0. The lowest BCUT2D eigenvalue weighted by molar-refractivity contribution is -0.139. The summed E-state index contributed by atoms with van der Waals surface area (Å²) in [7, 11) is 0. The highest BCUT2D eigenvalue weighted by atomic mass is 16.4. The van der Waals surface area contributed by atoms with Crippen molar-refractivity contribution in [2.75, 3.05) is 6.54 Å². The van der Waals surface area contributed by atoms with Gasteiger partial charge >= 0.3 is 5.97 Å². The summed E-state index contributed by atoms with van der Waals surface area (Å²) in [5, 5.41) is 20.5. The van der Waals surface area contributed by atoms with Crippen LogP contribution in [0, 0.1) is 5.92 Å². The molecule has 4 nitrogen and oxygen atoms in total. The van der Waals surface area contributed by atoms with E-state index in [2.05, 4.69) is 5.32 Å². The van der Waals surface area contributed by atoms with Crippen molar-refractivity contribution in [2.24, 2.45) is 5.92 Å². The molecule has 0 aromatic rings. The van der Waals surface area contributed by atoms with E-state index in [9.17, 15) is 4.79 Å². The number of carboxylic acid groups (broad SMARTS) is 1. The van der Waals surface area contributed by atoms with Crippen molar-refractivity contribution in [1.29, 1.82) is 0 Å². The number of hydrogen-bond acceptors (Lipinski definition) is 3. The van der Waals surface area contributed by atoms with Crippen LogP contribution in [0.25, 0.3) is 0 Å². The number of aliphatic carboxylic acids is 1. The number of carboxylic acids is 1. The monoisotopic (exact) mass is 159 g/mol. The zero-order valence-electron chi connectivity index (χ0n) is 6.45. The van der Waals surface area contributed by atoms with E-state index in [1.807, 2.05) is 0 Å². The van der Waals surface area contributed by atoms with Crippen molar-refractivity contribution in [3.63, 3.8) is 0 Å². The van der Waals surface area contributed by atoms with Gasteiger partial charge in [0.2, 0.25) is 0 Å². The maximum Gasteiger partial charge on any atom is 0.304 e. The molecule has 0 bridgehead atoms. The van der Waals surface area contributed by atoms with Crippen LogP contribution in [0.5, 0.6) is 0 Å². The van der Waals surface area contributed by atoms with E-state index in [1.165, 1.54) is 0 Å². The van der Waals surface area contributed by atoms with Crippen LogP contribution in [0.1, 0.15) is 13.3 Å². The second-order valence-electron chi connectivity index (χ2n) is 3.02. The van der Waals surface area contributed by atoms with Crippen LogP contribution in [0.2, 0.25) is 0 Å². The molecule has 0 saturated carbocycles. The normalized spacial score (nSPS) is 32.5. The highest BCUT2D eigenvalue weighted by molar-refractivity contribution is 5.67. The molecule has 0 radical (unpaired) electrons. The summed E-state index contributed by atoms with van der Waals surface area (Å²) in [6.45, 7) is 2.43. The van der Waals surface area contributed by atoms with Crippen LogP contribution in [0.4, 0.5) is 0 Å². The average Bonchev–Trinajstić information content (AvgIpc) is 1.78. The first-order valence-electron chi connectivity index (χ1n) is 3.74. The molecule has 4 heteroatoms. The van der Waals surface area contributed by atoms with Gasteiger partial charge in [-0.05, 0) is 6.92 Å². The van der Waals surface area contributed by atoms with Crippen LogP contribution in [-0.2, 0) is 4.79 Å². The number of rotatable bonds is 3. The van der Waals surface area contributed by atoms with Crippen molar-refractivity contribution < 1.29 is 15.0 Å². The van der Waals surface area contributed by atoms with Gasteiger partial charge in [-0.15, -0.1) is 0 Å². The highest BCUT2D eigenvalue weighted by Crippen LogP contribution is 2.19. The predicted octanol–water partition coefficient (Wildman–Crippen LogP) is -0.570. The summed E-state index contributed by atoms with van der Waals surface area (Å²) in [4.78, 5) is 10.2. The first-order chi connectivity index (χ1) is 5.11. The van der Waals surface area contributed by atoms with E-state index in [0.29, 0.717) is 0 Å². The summed E-state index contributed by atoms with van der Waals surface area (Å²) in [5.41, 5.74) is 0. The van der Waals surface area contributed by atoms with Crippen LogP contribution in [0.15, 0.2) is 0 Å². The molecule has 0 amide bonds. The Labute approximate surface area is 65.2 Å². The van der Waals surface area contributed by atoms with Gasteiger partial charge < -0.3 is 15.5 Å². The summed E-state index contributed by atoms with van der Waals surface area (Å²) in [6.07, 6.45) is -0.296. The molecule has 1 aliphatic rings. The van der Waals surface area contributed by atoms with Gasteiger partial charge in [-0.1, -0.05) is 0 Å². The second-order valence-corrected chi connectivity index (χ2v) is 3.02. The highest BCUT2D eigenvalue weighted by Gasteiger charge is 2.34. The third kappa shape index (κ3) is 1.91. The Kier molecular flexibility index (Phi) is 2.46. The fourth-order valence-corrected chi connectivity index (χ4v) is 1.34. The number of hydrogen-bond donors (Lipinski definition) is 3. The van der Waals surface area contributed by atoms with Crippen LogP contribution in [0.3, 0.4) is 0 Å². The molecule has 1 fully saturated rings. The molecule has 3 atom stereocenters. The van der Waals surface area contributed by atoms with Crippen LogP contribution < -0.4 is 5.32 Å². The molecule has 0 aromatic heterocycles. The Bertz CT molecular complexity index is 158. The first kappa shape index (κ1) is 8.49. The van der Waals surface area contributed by atoms with Gasteiger partial charge in [-0.25, -0.2) is 0 Å². The van der Waals surface area contributed by atoms with Crippen LogP contribution in [-0.4, -0.2) is 34.9 Å². The zero-order valence-corrected chi connectivity index (χ0v) is 6.45. The Hall–Kier alpha value is -0.610. The Morgan fingerprint density at radius 3 is 2.73 bits per heavy atom. The second kappa shape index (κ2) is 3.19. The van der Waals surface area contributed by atoms with Crippen molar-refractivity contribution in [3.8, 4) is 0 Å². The van der Waals surface area contributed by atoms with E-state index >= 15 is 0 Å². The van der Waals surface area contributed by atoms with Gasteiger partial charge in [0, 0.05) is 18.5 Å². The molecule has 3 N–H and O–H groups in total. The standard InChI is InChI=1S/C7H13NO3/c1-4(9)5-3-8-6(5)2-7(10)11/h4-6,8-9H,2-3H2,1H3,(H,10,11). The smallest absolute Gasteiger partial charge is 0.304 e. The molecule has 3 unspecified atom stereocenters. The number of aliphatic hydroxyl groups excluding tert-OH is 1. The minimum absolute atomic E-state index is 0.0347. The minimum Gasteiger partial charge on any atom is -0.481 e. The first-order valence-corrected chi connectivity index (χ1v) is 3.74. The SMILES string of the molecule is CC(O)C1CNC1CC(=O)O. The Morgan fingerprint density at radius 1 is 1.82 bits per heavy atom. The lowest BCUT2D eigenvalue weighted by atomic mass is 9.85. The summed E-state index contributed by atoms with van der Waals surface area (Å²) >= 11 is 0. The third-order valence-electron chi connectivity index (χ3n) is 2.15. The molecule has 1 aliphatic heterocycles. The third-order valence-corrected chi connectivity index (χ3v) is 2.15. The van der Waals surface area contributed by atoms with Gasteiger partial charge in [0.25, 0.3) is 0 Å². The predicted molar refractivity (Wildman–Crippen MR) is 39.2 cm³/mol. The van der Waals surface area contributed by atoms with E-state index in [-0.39, 0.29) is 18.4 Å². The summed E-state index contributed by atoms with van der Waals surface area (Å²) in [6, 6.07) is -0.0347. The quantitative estimate of drug-likeness (QED) is 0.516. The van der Waals surface area contributed by atoms with Gasteiger partial charge in [0.05, 0.1) is 12.5 Å². The molecule has 0 spiro atoms. The molecule has 1 heterocycles. The number of carbonyl (C=O) groups is 1. The molecule has 1 rings (SSSR count). The van der Waals surface area contributed by atoms with E-state index < -0.39 is 12.1 Å². The summed E-state index contributed by atoms with van der Waals surface area (Å²) in [5.74, 6) is -0.695. The maximum atomic E-state index is 10.2. The van der Waals surface area contributed by atoms with E-state index in [0.717, 1.165) is 6.54 Å². The molecular formula is C7H13NO3. The van der Waals surface area contributed by atoms with E-state index in [4.69, 9.17) is 10.2 Å². The van der Waals surface area contributed by atoms with Crippen LogP contribution >= 0.6 is 0 Å². The Morgan fingerprint density at radius 2 is 2.45 bits per heavy atom. The molecule has 0 aromatic carbocycles. The fourth-order valence-electron chi connectivity index (χ4n) is 1.34. The van der Waals surface area contributed by atoms with E-state index in [1.54, 1.807) is 6.92 Å². The molecule has 64 valence electrons. The van der Waals surface area contributed by atoms with Crippen molar-refractivity contribution in [2.45, 2.75) is 25.5 Å². The van der Waals surface area contributed by atoms with Crippen molar-refractivity contribution in [1.82, 2.24) is 5.32 Å². The molecular weight excluding hydrogens is 146 g/mol. The maximum absolute atomic E-state index is 10.2. The largest absolute Gasteiger partial charge is 0.481 e. The molecule has 11 heavy (non-hydrogen) atoms. The Balaban J connectivity index is 2.31. The topological polar surface area (TPSA) is 69.6 Å². The zero-order chi connectivity index (χ0) is 8.43. The molecule has 1 saturated heterocycles. The van der Waals surface area contributed by atoms with Gasteiger partial charge in [-0.3, -0.25) is 4.79 Å². The van der Waals surface area contributed by atoms with Crippen molar-refractivity contribution in [3.05, 3.63) is 0 Å². The van der Waals surface area contributed by atoms with Gasteiger partial charge in [0.15, 0.2) is 0 Å². The number of nitrogens with one attached hydrogen (secondary N) is 1. The van der Waals surface area contributed by atoms with Gasteiger partial charge in [-0.2, -0.15) is 0 Å². The lowest BCUT2D eigenvalue weighted by Gasteiger charge is -2.39. The average molecular weight is 159 g/mol. The van der Waals surface area contributed by atoms with Crippen molar-refractivity contribution >= 4 is 5.97 Å². The lowest BCUT2D eigenvalue weighted by Crippen LogP contribution is -2.57. The molecule has 0 aliphatic carbocycles. The number of aliphatic hydroxyl groups is 1. The minimum atomic E-state index is -0.812. The fraction of sp³-hybridized carbons (Fsp3) is 0.857.